The van der Waals surface area contributed by atoms with Crippen LogP contribution in [0.25, 0.3) is 0 Å². The van der Waals surface area contributed by atoms with E-state index in [1.807, 2.05) is 13.8 Å². The quantitative estimate of drug-likeness (QED) is 0.315. The molecule has 0 unspecified atom stereocenters. The zero-order chi connectivity index (χ0) is 35.2. The van der Waals surface area contributed by atoms with Gasteiger partial charge in [0.05, 0.1) is 36.7 Å². The van der Waals surface area contributed by atoms with Crippen LogP contribution in [0.5, 0.6) is 5.75 Å². The summed E-state index contributed by atoms with van der Waals surface area (Å²) in [6.45, 7) is 9.17. The standard InChI is InChI=1S/C32H47N7O8S/c1-20-15-39(21(2)18-40)31(41)26-14-25(34-32(42)35-30-23(4)36-47-24(30)5)11-12-27(26)46-22(3)10-8-9-13-45-28(20)16-38(7)48(43,44)29-17-37(6)19-33-29/h11-12,14,17,19-22,28,40H,8-10,13,15-16,18H2,1-7H3,(H2,34,35,42)/t20-,21-,22-,28+/m1/s1. The number of aromatic nitrogens is 3. The Labute approximate surface area is 281 Å². The average molecular weight is 690 g/mol. The number of aryl methyl sites for hydroxylation is 3. The van der Waals surface area contributed by atoms with Crippen LogP contribution in [0.2, 0.25) is 0 Å². The van der Waals surface area contributed by atoms with Gasteiger partial charge >= 0.3 is 6.03 Å². The van der Waals surface area contributed by atoms with Gasteiger partial charge < -0.3 is 39.2 Å². The number of aliphatic hydroxyl groups is 1. The summed E-state index contributed by atoms with van der Waals surface area (Å²) in [5.74, 6) is 0.0244. The Hall–Kier alpha value is -3.99. The highest BCUT2D eigenvalue weighted by Crippen LogP contribution is 2.29. The smallest absolute Gasteiger partial charge is 0.323 e. The lowest BCUT2D eigenvalue weighted by Gasteiger charge is -2.35. The first-order valence-electron chi connectivity index (χ1n) is 16.0. The molecule has 16 heteroatoms. The summed E-state index contributed by atoms with van der Waals surface area (Å²) in [4.78, 5) is 32.8. The molecule has 0 spiro atoms. The van der Waals surface area contributed by atoms with Gasteiger partial charge in [-0.05, 0) is 65.2 Å². The molecule has 0 fully saturated rings. The zero-order valence-electron chi connectivity index (χ0n) is 28.6. The normalized spacial score (nSPS) is 20.5. The Kier molecular flexibility index (Phi) is 12.2. The number of sulfonamides is 1. The molecule has 0 aliphatic carbocycles. The fraction of sp³-hybridized carbons (Fsp3) is 0.562. The number of urea groups is 1. The summed E-state index contributed by atoms with van der Waals surface area (Å²) < 4.78 is 47.1. The van der Waals surface area contributed by atoms with E-state index in [1.165, 1.54) is 28.8 Å². The van der Waals surface area contributed by atoms with Gasteiger partial charge in [-0.1, -0.05) is 12.1 Å². The predicted octanol–water partition coefficient (Wildman–Crippen LogP) is 3.79. The molecule has 4 rings (SSSR count). The first kappa shape index (κ1) is 36.8. The molecule has 1 aliphatic rings. The minimum Gasteiger partial charge on any atom is -0.490 e. The van der Waals surface area contributed by atoms with Crippen molar-refractivity contribution in [3.8, 4) is 5.75 Å². The van der Waals surface area contributed by atoms with Crippen molar-refractivity contribution < 1.29 is 37.1 Å². The van der Waals surface area contributed by atoms with Gasteiger partial charge in [-0.2, -0.15) is 4.31 Å². The highest BCUT2D eigenvalue weighted by atomic mass is 32.2. The summed E-state index contributed by atoms with van der Waals surface area (Å²) in [6, 6.07) is 3.69. The molecule has 3 N–H and O–H groups in total. The molecular weight excluding hydrogens is 642 g/mol. The lowest BCUT2D eigenvalue weighted by molar-refractivity contribution is -0.00835. The molecule has 1 aromatic carbocycles. The van der Waals surface area contributed by atoms with Crippen LogP contribution in [-0.2, 0) is 21.8 Å². The Morgan fingerprint density at radius 1 is 1.21 bits per heavy atom. The monoisotopic (exact) mass is 689 g/mol. The van der Waals surface area contributed by atoms with E-state index in [0.717, 1.165) is 12.8 Å². The maximum atomic E-state index is 14.3. The van der Waals surface area contributed by atoms with Gasteiger partial charge in [-0.15, -0.1) is 0 Å². The van der Waals surface area contributed by atoms with Crippen molar-refractivity contribution >= 4 is 33.3 Å². The Morgan fingerprint density at radius 3 is 2.60 bits per heavy atom. The molecule has 0 saturated carbocycles. The number of benzene rings is 1. The van der Waals surface area contributed by atoms with Crippen LogP contribution in [0.1, 0.15) is 61.8 Å². The van der Waals surface area contributed by atoms with Crippen LogP contribution >= 0.6 is 0 Å². The molecular formula is C32H47N7O8S. The van der Waals surface area contributed by atoms with E-state index in [1.54, 1.807) is 50.6 Å². The second-order valence-electron chi connectivity index (χ2n) is 12.5. The number of aliphatic hydroxyl groups excluding tert-OH is 1. The number of imidazole rings is 1. The van der Waals surface area contributed by atoms with Crippen LogP contribution in [0.15, 0.2) is 40.3 Å². The third kappa shape index (κ3) is 8.92. The number of fused-ring (bicyclic) bond motifs is 1. The van der Waals surface area contributed by atoms with Gasteiger partial charge in [0.1, 0.15) is 17.1 Å². The summed E-state index contributed by atoms with van der Waals surface area (Å²) in [7, 11) is -0.717. The molecule has 48 heavy (non-hydrogen) atoms. The van der Waals surface area contributed by atoms with Crippen molar-refractivity contribution in [1.82, 2.24) is 23.9 Å². The van der Waals surface area contributed by atoms with E-state index in [9.17, 15) is 23.1 Å². The van der Waals surface area contributed by atoms with Gasteiger partial charge in [0.25, 0.3) is 15.9 Å². The number of hydrogen-bond donors (Lipinski definition) is 3. The van der Waals surface area contributed by atoms with E-state index in [4.69, 9.17) is 14.0 Å². The number of likely N-dealkylation sites (N-methyl/N-ethyl adjacent to an activating group) is 1. The average Bonchev–Trinajstić information content (AvgIpc) is 3.63. The number of rotatable bonds is 8. The maximum Gasteiger partial charge on any atom is 0.323 e. The number of ether oxygens (including phenoxy) is 2. The summed E-state index contributed by atoms with van der Waals surface area (Å²) >= 11 is 0. The number of nitrogens with zero attached hydrogens (tertiary/aromatic N) is 5. The lowest BCUT2D eigenvalue weighted by Crippen LogP contribution is -2.48. The van der Waals surface area contributed by atoms with Crippen LogP contribution in [0, 0.1) is 19.8 Å². The Balaban J connectivity index is 1.63. The van der Waals surface area contributed by atoms with Crippen molar-refractivity contribution in [2.45, 2.75) is 77.2 Å². The first-order chi connectivity index (χ1) is 22.7. The third-order valence-electron chi connectivity index (χ3n) is 8.37. The number of carbonyl (C=O) groups excluding carboxylic acids is 2. The molecule has 2 aromatic heterocycles. The highest BCUT2D eigenvalue weighted by Gasteiger charge is 2.33. The van der Waals surface area contributed by atoms with E-state index in [0.29, 0.717) is 41.6 Å². The fourth-order valence-corrected chi connectivity index (χ4v) is 6.58. The summed E-state index contributed by atoms with van der Waals surface area (Å²) in [5, 5.41) is 19.5. The SMILES string of the molecule is Cc1noc(C)c1NC(=O)Nc1ccc2c(c1)C(=O)N([C@H](C)CO)C[C@@H](C)[C@H](CN(C)S(=O)(=O)c1cn(C)cn1)OCCCC[C@@H](C)O2. The number of amides is 3. The first-order valence-corrected chi connectivity index (χ1v) is 17.4. The molecule has 3 amide bonds. The van der Waals surface area contributed by atoms with E-state index >= 15 is 0 Å². The molecule has 4 atom stereocenters. The van der Waals surface area contributed by atoms with Gasteiger partial charge in [-0.3, -0.25) is 4.79 Å². The van der Waals surface area contributed by atoms with Crippen LogP contribution < -0.4 is 15.4 Å². The van der Waals surface area contributed by atoms with E-state index in [-0.39, 0.29) is 42.3 Å². The molecule has 0 radical (unpaired) electrons. The van der Waals surface area contributed by atoms with Crippen LogP contribution in [-0.4, -0.2) is 101 Å². The predicted molar refractivity (Wildman–Crippen MR) is 179 cm³/mol. The molecule has 3 aromatic rings. The lowest BCUT2D eigenvalue weighted by atomic mass is 10.0. The van der Waals surface area contributed by atoms with Crippen molar-refractivity contribution in [3.05, 3.63) is 47.7 Å². The van der Waals surface area contributed by atoms with E-state index < -0.39 is 34.1 Å². The van der Waals surface area contributed by atoms with E-state index in [2.05, 4.69) is 20.8 Å². The van der Waals surface area contributed by atoms with Gasteiger partial charge in [0, 0.05) is 51.6 Å². The number of hydrogen-bond acceptors (Lipinski definition) is 10. The van der Waals surface area contributed by atoms with Crippen molar-refractivity contribution in [2.75, 3.05) is 44.0 Å². The second kappa shape index (κ2) is 15.9. The molecule has 1 aliphatic heterocycles. The largest absolute Gasteiger partial charge is 0.490 e. The van der Waals surface area contributed by atoms with Gasteiger partial charge in [-0.25, -0.2) is 18.2 Å². The van der Waals surface area contributed by atoms with Crippen molar-refractivity contribution in [1.29, 1.82) is 0 Å². The minimum atomic E-state index is -3.89. The second-order valence-corrected chi connectivity index (χ2v) is 14.4. The Morgan fingerprint density at radius 2 is 1.96 bits per heavy atom. The fourth-order valence-electron chi connectivity index (χ4n) is 5.43. The zero-order valence-corrected chi connectivity index (χ0v) is 29.4. The van der Waals surface area contributed by atoms with Crippen LogP contribution in [0.4, 0.5) is 16.2 Å². The molecule has 3 heterocycles. The van der Waals surface area contributed by atoms with Crippen LogP contribution in [0.3, 0.4) is 0 Å². The van der Waals surface area contributed by atoms with Gasteiger partial charge in [0.2, 0.25) is 0 Å². The molecule has 264 valence electrons. The third-order valence-corrected chi connectivity index (χ3v) is 10.1. The topological polar surface area (TPSA) is 181 Å². The summed E-state index contributed by atoms with van der Waals surface area (Å²) in [5.41, 5.74) is 1.52. The molecule has 0 saturated heterocycles. The molecule has 0 bridgehead atoms. The summed E-state index contributed by atoms with van der Waals surface area (Å²) in [6.07, 6.45) is 4.23. The van der Waals surface area contributed by atoms with Crippen molar-refractivity contribution in [3.63, 3.8) is 0 Å². The minimum absolute atomic E-state index is 0.0278. The highest BCUT2D eigenvalue weighted by molar-refractivity contribution is 7.89. The number of carbonyl (C=O) groups is 2. The molecule has 15 nitrogen and oxygen atoms in total. The van der Waals surface area contributed by atoms with Crippen molar-refractivity contribution in [2.24, 2.45) is 13.0 Å². The number of nitrogens with one attached hydrogen (secondary N) is 2. The Bertz CT molecular complexity index is 1650. The number of anilines is 2. The van der Waals surface area contributed by atoms with Gasteiger partial charge in [0.15, 0.2) is 10.8 Å². The maximum absolute atomic E-state index is 14.3.